The van der Waals surface area contributed by atoms with Gasteiger partial charge in [-0.25, -0.2) is 0 Å². The third-order valence-electron chi connectivity index (χ3n) is 3.83. The van der Waals surface area contributed by atoms with E-state index in [1.54, 1.807) is 7.11 Å². The normalized spacial score (nSPS) is 11.8. The maximum absolute atomic E-state index is 6.00. The Bertz CT molecular complexity index is 805. The van der Waals surface area contributed by atoms with Crippen molar-refractivity contribution < 1.29 is 4.74 Å². The van der Waals surface area contributed by atoms with Crippen LogP contribution in [0.15, 0.2) is 59.6 Å². The summed E-state index contributed by atoms with van der Waals surface area (Å²) in [5.41, 5.74) is 10.3. The molecule has 0 spiro atoms. The first-order valence-corrected chi connectivity index (χ1v) is 7.96. The molecule has 1 heterocycles. The van der Waals surface area contributed by atoms with E-state index in [4.69, 9.17) is 10.5 Å². The molecular weight excluding hydrogens is 300 g/mol. The van der Waals surface area contributed by atoms with Gasteiger partial charge < -0.3 is 20.8 Å². The molecule has 0 aliphatic carbocycles. The Labute approximate surface area is 141 Å². The lowest BCUT2D eigenvalue weighted by Gasteiger charge is -2.10. The van der Waals surface area contributed by atoms with Gasteiger partial charge in [-0.15, -0.1) is 0 Å². The third-order valence-corrected chi connectivity index (χ3v) is 3.83. The Morgan fingerprint density at radius 1 is 1.17 bits per heavy atom. The molecule has 0 saturated heterocycles. The number of H-pyrrole nitrogens is 1. The Morgan fingerprint density at radius 2 is 1.96 bits per heavy atom. The molecule has 0 saturated carbocycles. The lowest BCUT2D eigenvalue weighted by Crippen LogP contribution is -2.23. The fourth-order valence-electron chi connectivity index (χ4n) is 2.67. The second-order valence-electron chi connectivity index (χ2n) is 5.61. The van der Waals surface area contributed by atoms with Crippen molar-refractivity contribution >= 4 is 22.5 Å². The van der Waals surface area contributed by atoms with Crippen molar-refractivity contribution in [1.82, 2.24) is 4.98 Å². The van der Waals surface area contributed by atoms with Gasteiger partial charge in [-0.1, -0.05) is 36.4 Å². The molecule has 5 nitrogen and oxygen atoms in total. The van der Waals surface area contributed by atoms with E-state index in [1.807, 2.05) is 36.4 Å². The van der Waals surface area contributed by atoms with Crippen molar-refractivity contribution in [2.75, 3.05) is 19.0 Å². The predicted molar refractivity (Wildman–Crippen MR) is 99.3 cm³/mol. The number of hydrogen-bond donors (Lipinski definition) is 3. The number of nitrogens with zero attached hydrogens (tertiary/aromatic N) is 1. The summed E-state index contributed by atoms with van der Waals surface area (Å²) < 4.78 is 5.19. The van der Waals surface area contributed by atoms with Crippen molar-refractivity contribution in [3.05, 3.63) is 65.9 Å². The van der Waals surface area contributed by atoms with Gasteiger partial charge in [-0.2, -0.15) is 0 Å². The standard InChI is InChI=1S/C19H22N4O/c1-24-13-15-7-3-5-9-18(15)23-19(20)21-11-10-16-12-14-6-2-4-8-17(14)22-16/h2-9,12,22H,10-11,13H2,1H3,(H3,20,21,23). The van der Waals surface area contributed by atoms with Crippen LogP contribution in [0.2, 0.25) is 0 Å². The molecule has 0 radical (unpaired) electrons. The number of para-hydroxylation sites is 2. The number of nitrogens with two attached hydrogens (primary N) is 1. The van der Waals surface area contributed by atoms with Crippen LogP contribution in [0.5, 0.6) is 0 Å². The van der Waals surface area contributed by atoms with Crippen LogP contribution in [0, 0.1) is 0 Å². The Morgan fingerprint density at radius 3 is 2.79 bits per heavy atom. The number of aromatic amines is 1. The van der Waals surface area contributed by atoms with Gasteiger partial charge in [0.15, 0.2) is 5.96 Å². The lowest BCUT2D eigenvalue weighted by atomic mass is 10.2. The van der Waals surface area contributed by atoms with Gasteiger partial charge in [0.25, 0.3) is 0 Å². The number of rotatable bonds is 6. The molecule has 2 aromatic carbocycles. The number of benzene rings is 2. The molecule has 0 amide bonds. The van der Waals surface area contributed by atoms with Crippen LogP contribution in [0.1, 0.15) is 11.3 Å². The highest BCUT2D eigenvalue weighted by atomic mass is 16.5. The zero-order chi connectivity index (χ0) is 16.8. The molecule has 5 heteroatoms. The third kappa shape index (κ3) is 3.94. The van der Waals surface area contributed by atoms with Gasteiger partial charge in [-0.05, 0) is 23.6 Å². The van der Waals surface area contributed by atoms with Crippen molar-refractivity contribution in [3.8, 4) is 0 Å². The van der Waals surface area contributed by atoms with Crippen LogP contribution in [0.3, 0.4) is 0 Å². The lowest BCUT2D eigenvalue weighted by molar-refractivity contribution is 0.185. The smallest absolute Gasteiger partial charge is 0.193 e. The summed E-state index contributed by atoms with van der Waals surface area (Å²) in [4.78, 5) is 7.81. The monoisotopic (exact) mass is 322 g/mol. The summed E-state index contributed by atoms with van der Waals surface area (Å²) in [6.45, 7) is 1.16. The van der Waals surface area contributed by atoms with Gasteiger partial charge in [0.2, 0.25) is 0 Å². The summed E-state index contributed by atoms with van der Waals surface area (Å²) in [5, 5.41) is 4.36. The molecule has 4 N–H and O–H groups in total. The van der Waals surface area contributed by atoms with Crippen molar-refractivity contribution in [2.45, 2.75) is 13.0 Å². The fourth-order valence-corrected chi connectivity index (χ4v) is 2.67. The molecular formula is C19H22N4O. The SMILES string of the molecule is COCc1ccccc1NC(N)=NCCc1cc2ccccc2[nH]1. The number of aromatic nitrogens is 1. The molecule has 0 aliphatic rings. The number of ether oxygens (including phenoxy) is 1. The van der Waals surface area contributed by atoms with Crippen LogP contribution in [0.25, 0.3) is 10.9 Å². The number of methoxy groups -OCH3 is 1. The van der Waals surface area contributed by atoms with Gasteiger partial charge in [0.1, 0.15) is 0 Å². The van der Waals surface area contributed by atoms with Gasteiger partial charge >= 0.3 is 0 Å². The number of guanidine groups is 1. The first-order chi connectivity index (χ1) is 11.8. The zero-order valence-corrected chi connectivity index (χ0v) is 13.8. The largest absolute Gasteiger partial charge is 0.380 e. The van der Waals surface area contributed by atoms with Crippen molar-refractivity contribution in [2.24, 2.45) is 10.7 Å². The quantitative estimate of drug-likeness (QED) is 0.481. The first kappa shape index (κ1) is 16.1. The predicted octanol–water partition coefficient (Wildman–Crippen LogP) is 3.28. The Hall–Kier alpha value is -2.79. The zero-order valence-electron chi connectivity index (χ0n) is 13.8. The van der Waals surface area contributed by atoms with E-state index in [0.29, 0.717) is 19.1 Å². The minimum Gasteiger partial charge on any atom is -0.380 e. The van der Waals surface area contributed by atoms with Crippen LogP contribution in [0.4, 0.5) is 5.69 Å². The van der Waals surface area contributed by atoms with E-state index in [1.165, 1.54) is 5.39 Å². The molecule has 1 aromatic heterocycles. The van der Waals surface area contributed by atoms with Gasteiger partial charge in [0, 0.05) is 42.5 Å². The molecule has 3 aromatic rings. The highest BCUT2D eigenvalue weighted by Crippen LogP contribution is 2.16. The number of nitrogens with one attached hydrogen (secondary N) is 2. The van der Waals surface area contributed by atoms with Crippen molar-refractivity contribution in [1.29, 1.82) is 0 Å². The molecule has 0 unspecified atom stereocenters. The minimum atomic E-state index is 0.412. The average molecular weight is 322 g/mol. The molecule has 0 fully saturated rings. The minimum absolute atomic E-state index is 0.412. The molecule has 24 heavy (non-hydrogen) atoms. The topological polar surface area (TPSA) is 75.4 Å². The highest BCUT2D eigenvalue weighted by Gasteiger charge is 2.03. The Balaban J connectivity index is 1.60. The van der Waals surface area contributed by atoms with E-state index in [-0.39, 0.29) is 0 Å². The molecule has 3 rings (SSSR count). The second-order valence-corrected chi connectivity index (χ2v) is 5.61. The summed E-state index contributed by atoms with van der Waals surface area (Å²) >= 11 is 0. The molecule has 0 aliphatic heterocycles. The van der Waals surface area contributed by atoms with Crippen LogP contribution < -0.4 is 11.1 Å². The van der Waals surface area contributed by atoms with Gasteiger partial charge in [0.05, 0.1) is 6.61 Å². The van der Waals surface area contributed by atoms with Crippen LogP contribution >= 0.6 is 0 Å². The average Bonchev–Trinajstić information content (AvgIpc) is 2.99. The molecule has 124 valence electrons. The molecule has 0 bridgehead atoms. The van der Waals surface area contributed by atoms with E-state index in [2.05, 4.69) is 33.5 Å². The van der Waals surface area contributed by atoms with Crippen LogP contribution in [-0.4, -0.2) is 24.6 Å². The first-order valence-electron chi connectivity index (χ1n) is 7.96. The van der Waals surface area contributed by atoms with E-state index < -0.39 is 0 Å². The summed E-state index contributed by atoms with van der Waals surface area (Å²) in [5.74, 6) is 0.412. The van der Waals surface area contributed by atoms with E-state index in [0.717, 1.165) is 28.9 Å². The summed E-state index contributed by atoms with van der Waals surface area (Å²) in [7, 11) is 1.68. The number of anilines is 1. The van der Waals surface area contributed by atoms with Crippen molar-refractivity contribution in [3.63, 3.8) is 0 Å². The maximum Gasteiger partial charge on any atom is 0.193 e. The highest BCUT2D eigenvalue weighted by molar-refractivity contribution is 5.93. The number of hydrogen-bond acceptors (Lipinski definition) is 2. The summed E-state index contributed by atoms with van der Waals surface area (Å²) in [6.07, 6.45) is 0.816. The summed E-state index contributed by atoms with van der Waals surface area (Å²) in [6, 6.07) is 18.3. The number of aliphatic imine (C=N–C) groups is 1. The number of fused-ring (bicyclic) bond motifs is 1. The van der Waals surface area contributed by atoms with Crippen LogP contribution in [-0.2, 0) is 17.8 Å². The maximum atomic E-state index is 6.00. The van der Waals surface area contributed by atoms with Gasteiger partial charge in [-0.3, -0.25) is 4.99 Å². The molecule has 0 atom stereocenters. The van der Waals surface area contributed by atoms with E-state index >= 15 is 0 Å². The fraction of sp³-hybridized carbons (Fsp3) is 0.211. The second kappa shape index (κ2) is 7.66. The van der Waals surface area contributed by atoms with E-state index in [9.17, 15) is 0 Å². The Kier molecular flexibility index (Phi) is 5.13.